The first-order valence-electron chi connectivity index (χ1n) is 6.18. The highest BCUT2D eigenvalue weighted by molar-refractivity contribution is 9.10. The van der Waals surface area contributed by atoms with Crippen molar-refractivity contribution >= 4 is 26.0 Å². The molecule has 1 N–H and O–H groups in total. The summed E-state index contributed by atoms with van der Waals surface area (Å²) in [4.78, 5) is 0.220. The molecule has 1 aliphatic rings. The first-order chi connectivity index (χ1) is 10.0. The van der Waals surface area contributed by atoms with Crippen LogP contribution in [0.15, 0.2) is 51.8 Å². The molecule has 0 saturated heterocycles. The average Bonchev–Trinajstić information content (AvgIpc) is 2.93. The lowest BCUT2D eigenvalue weighted by Gasteiger charge is -2.08. The summed E-state index contributed by atoms with van der Waals surface area (Å²) < 4.78 is 38.2. The van der Waals surface area contributed by atoms with E-state index in [1.165, 1.54) is 0 Å². The predicted octanol–water partition coefficient (Wildman–Crippen LogP) is 2.66. The third-order valence-corrected chi connectivity index (χ3v) is 4.90. The van der Waals surface area contributed by atoms with Crippen LogP contribution in [0.3, 0.4) is 0 Å². The summed E-state index contributed by atoms with van der Waals surface area (Å²) in [6, 6.07) is 11.9. The fourth-order valence-corrected chi connectivity index (χ4v) is 3.56. The molecule has 0 fully saturated rings. The van der Waals surface area contributed by atoms with Gasteiger partial charge in [-0.05, 0) is 35.9 Å². The topological polar surface area (TPSA) is 64.6 Å². The highest BCUT2D eigenvalue weighted by Crippen LogP contribution is 2.32. The van der Waals surface area contributed by atoms with E-state index in [0.29, 0.717) is 16.0 Å². The Morgan fingerprint density at radius 1 is 1.10 bits per heavy atom. The fourth-order valence-electron chi connectivity index (χ4n) is 1.95. The summed E-state index contributed by atoms with van der Waals surface area (Å²) in [5, 5.41) is 0. The third-order valence-electron chi connectivity index (χ3n) is 3.01. The minimum absolute atomic E-state index is 0.186. The van der Waals surface area contributed by atoms with Crippen LogP contribution in [0.25, 0.3) is 0 Å². The molecule has 0 atom stereocenters. The Balaban J connectivity index is 1.75. The van der Waals surface area contributed by atoms with E-state index in [4.69, 9.17) is 9.47 Å². The van der Waals surface area contributed by atoms with Gasteiger partial charge < -0.3 is 9.47 Å². The summed E-state index contributed by atoms with van der Waals surface area (Å²) in [7, 11) is -3.55. The van der Waals surface area contributed by atoms with Gasteiger partial charge >= 0.3 is 0 Å². The summed E-state index contributed by atoms with van der Waals surface area (Å²) in [5.41, 5.74) is 0.804. The van der Waals surface area contributed by atoms with Gasteiger partial charge in [-0.2, -0.15) is 0 Å². The maximum Gasteiger partial charge on any atom is 0.240 e. The Hall–Kier alpha value is -1.57. The standard InChI is InChI=1S/C14H12BrNO4S/c15-11-2-1-3-12(7-11)21(17,18)16-8-10-4-5-13-14(6-10)20-9-19-13/h1-7,16H,8-9H2. The van der Waals surface area contributed by atoms with Crippen molar-refractivity contribution < 1.29 is 17.9 Å². The van der Waals surface area contributed by atoms with E-state index >= 15 is 0 Å². The average molecular weight is 370 g/mol. The van der Waals surface area contributed by atoms with E-state index in [0.717, 1.165) is 5.56 Å². The summed E-state index contributed by atoms with van der Waals surface area (Å²) >= 11 is 3.26. The second kappa shape index (κ2) is 5.67. The molecule has 0 amide bonds. The molecule has 0 radical (unpaired) electrons. The lowest BCUT2D eigenvalue weighted by Crippen LogP contribution is -2.23. The highest BCUT2D eigenvalue weighted by atomic mass is 79.9. The van der Waals surface area contributed by atoms with Crippen molar-refractivity contribution in [3.8, 4) is 11.5 Å². The summed E-state index contributed by atoms with van der Waals surface area (Å²) in [5.74, 6) is 1.31. The van der Waals surface area contributed by atoms with Gasteiger partial charge in [0.1, 0.15) is 0 Å². The number of hydrogen-bond acceptors (Lipinski definition) is 4. The van der Waals surface area contributed by atoms with Crippen LogP contribution >= 0.6 is 15.9 Å². The van der Waals surface area contributed by atoms with Crippen LogP contribution in [0, 0.1) is 0 Å². The Morgan fingerprint density at radius 2 is 1.90 bits per heavy atom. The number of halogens is 1. The molecule has 21 heavy (non-hydrogen) atoms. The molecule has 0 saturated carbocycles. The molecule has 1 heterocycles. The van der Waals surface area contributed by atoms with Crippen molar-refractivity contribution in [2.75, 3.05) is 6.79 Å². The largest absolute Gasteiger partial charge is 0.454 e. The SMILES string of the molecule is O=S(=O)(NCc1ccc2c(c1)OCO2)c1cccc(Br)c1. The van der Waals surface area contributed by atoms with E-state index in [1.807, 2.05) is 0 Å². The first-order valence-corrected chi connectivity index (χ1v) is 8.46. The molecule has 2 aromatic rings. The van der Waals surface area contributed by atoms with Gasteiger partial charge in [-0.1, -0.05) is 28.1 Å². The van der Waals surface area contributed by atoms with Gasteiger partial charge in [-0.25, -0.2) is 13.1 Å². The molecule has 0 unspecified atom stereocenters. The zero-order valence-corrected chi connectivity index (χ0v) is 13.3. The van der Waals surface area contributed by atoms with Crippen LogP contribution < -0.4 is 14.2 Å². The van der Waals surface area contributed by atoms with Gasteiger partial charge in [-0.15, -0.1) is 0 Å². The van der Waals surface area contributed by atoms with Crippen molar-refractivity contribution in [1.29, 1.82) is 0 Å². The molecule has 7 heteroatoms. The van der Waals surface area contributed by atoms with Crippen LogP contribution in [0.1, 0.15) is 5.56 Å². The number of nitrogens with one attached hydrogen (secondary N) is 1. The van der Waals surface area contributed by atoms with Gasteiger partial charge in [0.05, 0.1) is 4.90 Å². The Labute approximate surface area is 131 Å². The zero-order valence-electron chi connectivity index (χ0n) is 10.9. The van der Waals surface area contributed by atoms with Crippen LogP contribution in [0.4, 0.5) is 0 Å². The summed E-state index contributed by atoms with van der Waals surface area (Å²) in [6.45, 7) is 0.383. The highest BCUT2D eigenvalue weighted by Gasteiger charge is 2.16. The predicted molar refractivity (Wildman–Crippen MR) is 80.7 cm³/mol. The zero-order chi connectivity index (χ0) is 14.9. The quantitative estimate of drug-likeness (QED) is 0.899. The van der Waals surface area contributed by atoms with E-state index in [9.17, 15) is 8.42 Å². The molecular weight excluding hydrogens is 358 g/mol. The molecule has 5 nitrogen and oxygen atoms in total. The van der Waals surface area contributed by atoms with E-state index in [-0.39, 0.29) is 18.2 Å². The Bertz CT molecular complexity index is 776. The first kappa shape index (κ1) is 14.4. The van der Waals surface area contributed by atoms with Crippen molar-refractivity contribution in [3.63, 3.8) is 0 Å². The number of rotatable bonds is 4. The van der Waals surface area contributed by atoms with E-state index in [1.54, 1.807) is 42.5 Å². The van der Waals surface area contributed by atoms with E-state index in [2.05, 4.69) is 20.7 Å². The molecule has 0 bridgehead atoms. The lowest BCUT2D eigenvalue weighted by atomic mass is 10.2. The van der Waals surface area contributed by atoms with Crippen molar-refractivity contribution in [1.82, 2.24) is 4.72 Å². The van der Waals surface area contributed by atoms with Gasteiger partial charge in [0.25, 0.3) is 0 Å². The van der Waals surface area contributed by atoms with Gasteiger partial charge in [0.2, 0.25) is 16.8 Å². The fraction of sp³-hybridized carbons (Fsp3) is 0.143. The second-order valence-corrected chi connectivity index (χ2v) is 7.15. The number of sulfonamides is 1. The van der Waals surface area contributed by atoms with E-state index < -0.39 is 10.0 Å². The van der Waals surface area contributed by atoms with Crippen molar-refractivity contribution in [3.05, 3.63) is 52.5 Å². The van der Waals surface area contributed by atoms with Crippen LogP contribution in [0.5, 0.6) is 11.5 Å². The smallest absolute Gasteiger partial charge is 0.240 e. The Morgan fingerprint density at radius 3 is 2.71 bits per heavy atom. The number of hydrogen-bond donors (Lipinski definition) is 1. The molecule has 2 aromatic carbocycles. The molecule has 0 aliphatic carbocycles. The van der Waals surface area contributed by atoms with Gasteiger partial charge in [-0.3, -0.25) is 0 Å². The molecular formula is C14H12BrNO4S. The monoisotopic (exact) mass is 369 g/mol. The maximum atomic E-state index is 12.2. The molecule has 110 valence electrons. The molecule has 0 aromatic heterocycles. The second-order valence-electron chi connectivity index (χ2n) is 4.47. The van der Waals surface area contributed by atoms with Gasteiger partial charge in [0, 0.05) is 11.0 Å². The van der Waals surface area contributed by atoms with Crippen LogP contribution in [0.2, 0.25) is 0 Å². The van der Waals surface area contributed by atoms with Crippen LogP contribution in [-0.4, -0.2) is 15.2 Å². The lowest BCUT2D eigenvalue weighted by molar-refractivity contribution is 0.174. The normalized spacial score (nSPS) is 13.4. The van der Waals surface area contributed by atoms with Gasteiger partial charge in [0.15, 0.2) is 11.5 Å². The molecule has 0 spiro atoms. The van der Waals surface area contributed by atoms with Crippen LogP contribution in [-0.2, 0) is 16.6 Å². The number of fused-ring (bicyclic) bond motifs is 1. The molecule has 1 aliphatic heterocycles. The minimum atomic E-state index is -3.55. The summed E-state index contributed by atoms with van der Waals surface area (Å²) in [6.07, 6.45) is 0. The molecule has 3 rings (SSSR count). The number of benzene rings is 2. The van der Waals surface area contributed by atoms with Crippen molar-refractivity contribution in [2.45, 2.75) is 11.4 Å². The van der Waals surface area contributed by atoms with Crippen molar-refractivity contribution in [2.24, 2.45) is 0 Å². The number of ether oxygens (including phenoxy) is 2. The third kappa shape index (κ3) is 3.20. The minimum Gasteiger partial charge on any atom is -0.454 e. The maximum absolute atomic E-state index is 12.2. The Kier molecular flexibility index (Phi) is 3.88.